The number of sulfonamides is 1. The third-order valence-electron chi connectivity index (χ3n) is 4.84. The van der Waals surface area contributed by atoms with Gasteiger partial charge in [0.25, 0.3) is 11.8 Å². The average Bonchev–Trinajstić information content (AvgIpc) is 3.53. The van der Waals surface area contributed by atoms with Crippen molar-refractivity contribution in [2.45, 2.75) is 37.6 Å². The summed E-state index contributed by atoms with van der Waals surface area (Å²) in [7, 11) is -3.72. The lowest BCUT2D eigenvalue weighted by Gasteiger charge is -2.19. The second-order valence-corrected chi connectivity index (χ2v) is 9.36. The number of benzene rings is 2. The molecule has 1 saturated carbocycles. The van der Waals surface area contributed by atoms with Crippen molar-refractivity contribution in [3.63, 3.8) is 0 Å². The van der Waals surface area contributed by atoms with Gasteiger partial charge in [-0.05, 0) is 55.3 Å². The maximum atomic E-state index is 12.7. The Morgan fingerprint density at radius 3 is 2.23 bits per heavy atom. The fraction of sp³-hybridized carbons (Fsp3) is 0.333. The second kappa shape index (κ2) is 9.16. The topological polar surface area (TPSA) is 95.6 Å². The molecule has 0 bridgehead atoms. The molecule has 1 aliphatic rings. The minimum absolute atomic E-state index is 0.00726. The second-order valence-electron chi connectivity index (χ2n) is 7.01. The quantitative estimate of drug-likeness (QED) is 0.644. The standard InChI is InChI=1S/C21H24ClN3O4S/c1-3-25(4-2)30(28,29)17-11-12-19(22)18(13-17)21(27)24-15-7-5-14(6-8-15)20(26)23-16-9-10-16/h5-8,11-13,16H,3-4,9-10H2,1-2H3,(H,23,26)(H,24,27). The summed E-state index contributed by atoms with van der Waals surface area (Å²) in [5.41, 5.74) is 1.03. The summed E-state index contributed by atoms with van der Waals surface area (Å²) in [5, 5.41) is 5.73. The highest BCUT2D eigenvalue weighted by Crippen LogP contribution is 2.24. The molecule has 1 aliphatic carbocycles. The predicted molar refractivity (Wildman–Crippen MR) is 116 cm³/mol. The number of amides is 2. The number of anilines is 1. The van der Waals surface area contributed by atoms with Gasteiger partial charge in [-0.3, -0.25) is 9.59 Å². The molecule has 0 aromatic heterocycles. The third-order valence-corrected chi connectivity index (χ3v) is 7.22. The van der Waals surface area contributed by atoms with Crippen LogP contribution in [0.25, 0.3) is 0 Å². The number of nitrogens with one attached hydrogen (secondary N) is 2. The molecule has 2 N–H and O–H groups in total. The molecule has 0 unspecified atom stereocenters. The molecule has 160 valence electrons. The van der Waals surface area contributed by atoms with Gasteiger partial charge in [-0.25, -0.2) is 8.42 Å². The average molecular weight is 450 g/mol. The van der Waals surface area contributed by atoms with E-state index in [0.717, 1.165) is 12.8 Å². The van der Waals surface area contributed by atoms with Gasteiger partial charge in [0.1, 0.15) is 0 Å². The van der Waals surface area contributed by atoms with E-state index in [1.807, 2.05) is 0 Å². The maximum absolute atomic E-state index is 12.7. The molecule has 1 fully saturated rings. The van der Waals surface area contributed by atoms with Crippen LogP contribution >= 0.6 is 11.6 Å². The third kappa shape index (κ3) is 5.00. The van der Waals surface area contributed by atoms with Crippen molar-refractivity contribution in [2.24, 2.45) is 0 Å². The highest BCUT2D eigenvalue weighted by molar-refractivity contribution is 7.89. The fourth-order valence-corrected chi connectivity index (χ4v) is 4.64. The first-order chi connectivity index (χ1) is 14.3. The summed E-state index contributed by atoms with van der Waals surface area (Å²) in [6, 6.07) is 10.8. The van der Waals surface area contributed by atoms with E-state index in [2.05, 4.69) is 10.6 Å². The van der Waals surface area contributed by atoms with Crippen molar-refractivity contribution in [1.82, 2.24) is 9.62 Å². The van der Waals surface area contributed by atoms with Gasteiger partial charge in [0.05, 0.1) is 15.5 Å². The Labute approximate surface area is 181 Å². The molecular formula is C21H24ClN3O4S. The van der Waals surface area contributed by atoms with Crippen LogP contribution in [0.5, 0.6) is 0 Å². The van der Waals surface area contributed by atoms with Crippen LogP contribution in [0.1, 0.15) is 47.4 Å². The fourth-order valence-electron chi connectivity index (χ4n) is 2.95. The van der Waals surface area contributed by atoms with E-state index in [9.17, 15) is 18.0 Å². The molecule has 2 aromatic rings. The molecule has 2 amide bonds. The summed E-state index contributed by atoms with van der Waals surface area (Å²) in [4.78, 5) is 24.8. The van der Waals surface area contributed by atoms with Gasteiger partial charge in [-0.15, -0.1) is 0 Å². The van der Waals surface area contributed by atoms with Crippen LogP contribution in [0.15, 0.2) is 47.4 Å². The zero-order chi connectivity index (χ0) is 21.9. The van der Waals surface area contributed by atoms with Crippen LogP contribution in [0.2, 0.25) is 5.02 Å². The minimum atomic E-state index is -3.72. The zero-order valence-corrected chi connectivity index (χ0v) is 18.4. The van der Waals surface area contributed by atoms with Gasteiger partial charge in [-0.1, -0.05) is 25.4 Å². The highest BCUT2D eigenvalue weighted by atomic mass is 35.5. The molecule has 30 heavy (non-hydrogen) atoms. The number of carbonyl (C=O) groups excluding carboxylic acids is 2. The van der Waals surface area contributed by atoms with Gasteiger partial charge >= 0.3 is 0 Å². The molecule has 2 aromatic carbocycles. The molecule has 7 nitrogen and oxygen atoms in total. The van der Waals surface area contributed by atoms with Crippen molar-refractivity contribution in [3.05, 3.63) is 58.6 Å². The van der Waals surface area contributed by atoms with Crippen molar-refractivity contribution in [1.29, 1.82) is 0 Å². The van der Waals surface area contributed by atoms with Crippen molar-refractivity contribution in [2.75, 3.05) is 18.4 Å². The highest BCUT2D eigenvalue weighted by Gasteiger charge is 2.25. The van der Waals surface area contributed by atoms with Crippen molar-refractivity contribution in [3.8, 4) is 0 Å². The lowest BCUT2D eigenvalue weighted by molar-refractivity contribution is 0.0950. The normalized spacial score (nSPS) is 13.9. The lowest BCUT2D eigenvalue weighted by Crippen LogP contribution is -2.30. The van der Waals surface area contributed by atoms with Gasteiger partial charge in [0, 0.05) is 30.4 Å². The monoisotopic (exact) mass is 449 g/mol. The Morgan fingerprint density at radius 2 is 1.67 bits per heavy atom. The van der Waals surface area contributed by atoms with Gasteiger partial charge < -0.3 is 10.6 Å². The Kier molecular flexibility index (Phi) is 6.80. The number of hydrogen-bond donors (Lipinski definition) is 2. The predicted octanol–water partition coefficient (Wildman–Crippen LogP) is 3.52. The molecule has 0 radical (unpaired) electrons. The van der Waals surface area contributed by atoms with Crippen LogP contribution in [0.4, 0.5) is 5.69 Å². The molecule has 0 atom stereocenters. The van der Waals surface area contributed by atoms with E-state index >= 15 is 0 Å². The van der Waals surface area contributed by atoms with E-state index in [-0.39, 0.29) is 27.4 Å². The Balaban J connectivity index is 1.77. The Hall–Kier alpha value is -2.42. The minimum Gasteiger partial charge on any atom is -0.349 e. The first kappa shape index (κ1) is 22.3. The van der Waals surface area contributed by atoms with Crippen LogP contribution in [-0.2, 0) is 10.0 Å². The molecule has 3 rings (SSSR count). The first-order valence-electron chi connectivity index (χ1n) is 9.78. The van der Waals surface area contributed by atoms with Crippen LogP contribution < -0.4 is 10.6 Å². The summed E-state index contributed by atoms with van der Waals surface area (Å²) in [5.74, 6) is -0.681. The van der Waals surface area contributed by atoms with E-state index in [4.69, 9.17) is 11.6 Å². The zero-order valence-electron chi connectivity index (χ0n) is 16.8. The van der Waals surface area contributed by atoms with Crippen molar-refractivity contribution < 1.29 is 18.0 Å². The smallest absolute Gasteiger partial charge is 0.257 e. The van der Waals surface area contributed by atoms with Gasteiger partial charge in [-0.2, -0.15) is 4.31 Å². The largest absolute Gasteiger partial charge is 0.349 e. The number of halogens is 1. The molecule has 0 heterocycles. The Morgan fingerprint density at radius 1 is 1.03 bits per heavy atom. The first-order valence-corrected chi connectivity index (χ1v) is 11.6. The van der Waals surface area contributed by atoms with Gasteiger partial charge in [0.2, 0.25) is 10.0 Å². The number of carbonyl (C=O) groups is 2. The lowest BCUT2D eigenvalue weighted by atomic mass is 10.1. The van der Waals surface area contributed by atoms with E-state index < -0.39 is 15.9 Å². The molecule has 0 spiro atoms. The van der Waals surface area contributed by atoms with E-state index in [1.54, 1.807) is 38.1 Å². The van der Waals surface area contributed by atoms with Crippen LogP contribution in [0.3, 0.4) is 0 Å². The van der Waals surface area contributed by atoms with Gasteiger partial charge in [0.15, 0.2) is 0 Å². The molecule has 0 aliphatic heterocycles. The maximum Gasteiger partial charge on any atom is 0.257 e. The van der Waals surface area contributed by atoms with Crippen LogP contribution in [0, 0.1) is 0 Å². The van der Waals surface area contributed by atoms with E-state index in [0.29, 0.717) is 24.3 Å². The van der Waals surface area contributed by atoms with E-state index in [1.165, 1.54) is 22.5 Å². The Bertz CT molecular complexity index is 1050. The molecular weight excluding hydrogens is 426 g/mol. The summed E-state index contributed by atoms with van der Waals surface area (Å²) in [6.45, 7) is 4.14. The summed E-state index contributed by atoms with van der Waals surface area (Å²) >= 11 is 6.15. The number of hydrogen-bond acceptors (Lipinski definition) is 4. The summed E-state index contributed by atoms with van der Waals surface area (Å²) < 4.78 is 26.8. The SMILES string of the molecule is CCN(CC)S(=O)(=O)c1ccc(Cl)c(C(=O)Nc2ccc(C(=O)NC3CC3)cc2)c1. The molecule has 9 heteroatoms. The van der Waals surface area contributed by atoms with Crippen LogP contribution in [-0.4, -0.2) is 43.7 Å². The molecule has 0 saturated heterocycles. The number of rotatable bonds is 8. The summed E-state index contributed by atoms with van der Waals surface area (Å²) in [6.07, 6.45) is 2.01. The number of nitrogens with zero attached hydrogens (tertiary/aromatic N) is 1. The van der Waals surface area contributed by atoms with Crippen molar-refractivity contribution >= 4 is 39.1 Å².